The lowest BCUT2D eigenvalue weighted by atomic mass is 10.1. The molecule has 0 aliphatic carbocycles. The van der Waals surface area contributed by atoms with Gasteiger partial charge in [-0.15, -0.1) is 0 Å². The SMILES string of the molecule is C[C@@H](O)c1cc([N+](=O)[O-])ccc1OCCCn1ccnc1. The molecule has 112 valence electrons. The van der Waals surface area contributed by atoms with Gasteiger partial charge in [0.2, 0.25) is 0 Å². The molecule has 0 spiro atoms. The molecule has 1 aromatic carbocycles. The van der Waals surface area contributed by atoms with Crippen LogP contribution >= 0.6 is 0 Å². The summed E-state index contributed by atoms with van der Waals surface area (Å²) in [6, 6.07) is 4.24. The van der Waals surface area contributed by atoms with Gasteiger partial charge in [0.1, 0.15) is 5.75 Å². The van der Waals surface area contributed by atoms with E-state index in [0.717, 1.165) is 13.0 Å². The van der Waals surface area contributed by atoms with Crippen LogP contribution in [0.1, 0.15) is 25.0 Å². The summed E-state index contributed by atoms with van der Waals surface area (Å²) in [6.07, 6.45) is 5.25. The van der Waals surface area contributed by atoms with Crippen LogP contribution in [0.4, 0.5) is 5.69 Å². The van der Waals surface area contributed by atoms with E-state index in [1.807, 2.05) is 10.8 Å². The monoisotopic (exact) mass is 291 g/mol. The number of rotatable bonds is 7. The Balaban J connectivity index is 1.97. The Morgan fingerprint density at radius 3 is 2.95 bits per heavy atom. The van der Waals surface area contributed by atoms with Crippen LogP contribution in [-0.2, 0) is 6.54 Å². The van der Waals surface area contributed by atoms with Crippen molar-refractivity contribution in [1.29, 1.82) is 0 Å². The summed E-state index contributed by atoms with van der Waals surface area (Å²) in [4.78, 5) is 14.2. The molecular weight excluding hydrogens is 274 g/mol. The van der Waals surface area contributed by atoms with E-state index in [2.05, 4.69) is 4.98 Å². The number of nitro benzene ring substituents is 1. The van der Waals surface area contributed by atoms with E-state index in [1.165, 1.54) is 18.2 Å². The quantitative estimate of drug-likeness (QED) is 0.480. The van der Waals surface area contributed by atoms with Crippen LogP contribution in [-0.4, -0.2) is 26.2 Å². The van der Waals surface area contributed by atoms with Gasteiger partial charge >= 0.3 is 0 Å². The van der Waals surface area contributed by atoms with Crippen LogP contribution in [0.2, 0.25) is 0 Å². The van der Waals surface area contributed by atoms with Gasteiger partial charge in [-0.3, -0.25) is 10.1 Å². The molecule has 7 nitrogen and oxygen atoms in total. The minimum atomic E-state index is -0.825. The van der Waals surface area contributed by atoms with Crippen molar-refractivity contribution in [2.45, 2.75) is 26.0 Å². The number of aliphatic hydroxyl groups excluding tert-OH is 1. The highest BCUT2D eigenvalue weighted by atomic mass is 16.6. The molecule has 0 saturated carbocycles. The number of aromatic nitrogens is 2. The first-order chi connectivity index (χ1) is 10.1. The molecule has 2 rings (SSSR count). The Bertz CT molecular complexity index is 596. The lowest BCUT2D eigenvalue weighted by Crippen LogP contribution is -2.06. The van der Waals surface area contributed by atoms with E-state index in [0.29, 0.717) is 17.9 Å². The van der Waals surface area contributed by atoms with E-state index in [1.54, 1.807) is 19.4 Å². The first-order valence-corrected chi connectivity index (χ1v) is 6.63. The maximum absolute atomic E-state index is 10.8. The highest BCUT2D eigenvalue weighted by molar-refractivity contribution is 5.44. The molecule has 0 fully saturated rings. The van der Waals surface area contributed by atoms with Crippen molar-refractivity contribution in [3.63, 3.8) is 0 Å². The Morgan fingerprint density at radius 2 is 2.33 bits per heavy atom. The van der Waals surface area contributed by atoms with Crippen LogP contribution in [0, 0.1) is 10.1 Å². The molecule has 1 aromatic heterocycles. The predicted octanol–water partition coefficient (Wildman–Crippen LogP) is 2.31. The molecule has 0 aliphatic rings. The van der Waals surface area contributed by atoms with Gasteiger partial charge in [-0.1, -0.05) is 0 Å². The number of nitro groups is 1. The molecule has 0 bridgehead atoms. The molecule has 0 unspecified atom stereocenters. The smallest absolute Gasteiger partial charge is 0.270 e. The predicted molar refractivity (Wildman–Crippen MR) is 76.1 cm³/mol. The minimum absolute atomic E-state index is 0.0586. The Morgan fingerprint density at radius 1 is 1.52 bits per heavy atom. The Labute approximate surface area is 122 Å². The average Bonchev–Trinajstić information content (AvgIpc) is 2.96. The number of non-ortho nitro benzene ring substituents is 1. The first-order valence-electron chi connectivity index (χ1n) is 6.63. The van der Waals surface area contributed by atoms with Gasteiger partial charge in [0.25, 0.3) is 5.69 Å². The van der Waals surface area contributed by atoms with Crippen LogP contribution in [0.5, 0.6) is 5.75 Å². The number of nitrogens with zero attached hydrogens (tertiary/aromatic N) is 3. The summed E-state index contributed by atoms with van der Waals surface area (Å²) in [5.41, 5.74) is 0.364. The molecule has 0 saturated heterocycles. The molecule has 0 aliphatic heterocycles. The van der Waals surface area contributed by atoms with Gasteiger partial charge < -0.3 is 14.4 Å². The van der Waals surface area contributed by atoms with Gasteiger partial charge in [0.15, 0.2) is 0 Å². The molecule has 1 N–H and O–H groups in total. The van der Waals surface area contributed by atoms with E-state index in [9.17, 15) is 15.2 Å². The largest absolute Gasteiger partial charge is 0.493 e. The number of benzene rings is 1. The Hall–Kier alpha value is -2.41. The zero-order valence-electron chi connectivity index (χ0n) is 11.7. The van der Waals surface area contributed by atoms with Crippen LogP contribution in [0.3, 0.4) is 0 Å². The number of hydrogen-bond acceptors (Lipinski definition) is 5. The van der Waals surface area contributed by atoms with Gasteiger partial charge in [-0.25, -0.2) is 4.98 Å². The summed E-state index contributed by atoms with van der Waals surface area (Å²) in [7, 11) is 0. The second-order valence-electron chi connectivity index (χ2n) is 4.66. The molecule has 0 amide bonds. The lowest BCUT2D eigenvalue weighted by molar-refractivity contribution is -0.385. The third-order valence-corrected chi connectivity index (χ3v) is 3.03. The van der Waals surface area contributed by atoms with Crippen molar-refractivity contribution in [3.8, 4) is 5.75 Å². The standard InChI is InChI=1S/C14H17N3O4/c1-11(18)13-9-12(17(19)20)3-4-14(13)21-8-2-6-16-7-5-15-10-16/h3-5,7,9-11,18H,2,6,8H2,1H3/t11-/m1/s1. The number of hydrogen-bond donors (Lipinski definition) is 1. The van der Waals surface area contributed by atoms with Crippen molar-refractivity contribution in [2.24, 2.45) is 0 Å². The van der Waals surface area contributed by atoms with E-state index >= 15 is 0 Å². The zero-order valence-corrected chi connectivity index (χ0v) is 11.7. The van der Waals surface area contributed by atoms with E-state index < -0.39 is 11.0 Å². The number of ether oxygens (including phenoxy) is 1. The highest BCUT2D eigenvalue weighted by Crippen LogP contribution is 2.29. The number of imidazole rings is 1. The molecule has 0 radical (unpaired) electrons. The van der Waals surface area contributed by atoms with Crippen molar-refractivity contribution in [3.05, 3.63) is 52.6 Å². The minimum Gasteiger partial charge on any atom is -0.493 e. The van der Waals surface area contributed by atoms with E-state index in [-0.39, 0.29) is 5.69 Å². The maximum atomic E-state index is 10.8. The molecule has 21 heavy (non-hydrogen) atoms. The van der Waals surface area contributed by atoms with Crippen molar-refractivity contribution in [2.75, 3.05) is 6.61 Å². The fourth-order valence-electron chi connectivity index (χ4n) is 1.96. The van der Waals surface area contributed by atoms with Gasteiger partial charge in [-0.2, -0.15) is 0 Å². The summed E-state index contributed by atoms with van der Waals surface area (Å²) in [5, 5.41) is 20.5. The second-order valence-corrected chi connectivity index (χ2v) is 4.66. The first kappa shape index (κ1) is 15.0. The molecule has 1 atom stereocenters. The summed E-state index contributed by atoms with van der Waals surface area (Å²) in [6.45, 7) is 2.78. The van der Waals surface area contributed by atoms with Gasteiger partial charge in [0, 0.05) is 36.6 Å². The zero-order chi connectivity index (χ0) is 15.2. The summed E-state index contributed by atoms with van der Waals surface area (Å²) in [5.74, 6) is 0.473. The fraction of sp³-hybridized carbons (Fsp3) is 0.357. The van der Waals surface area contributed by atoms with Crippen LogP contribution in [0.15, 0.2) is 36.9 Å². The molecular formula is C14H17N3O4. The normalized spacial score (nSPS) is 12.1. The number of aliphatic hydroxyl groups is 1. The third kappa shape index (κ3) is 4.03. The molecule has 2 aromatic rings. The third-order valence-electron chi connectivity index (χ3n) is 3.03. The molecule has 1 heterocycles. The highest BCUT2D eigenvalue weighted by Gasteiger charge is 2.15. The van der Waals surface area contributed by atoms with E-state index in [4.69, 9.17) is 4.74 Å². The summed E-state index contributed by atoms with van der Waals surface area (Å²) < 4.78 is 7.55. The van der Waals surface area contributed by atoms with Crippen LogP contribution in [0.25, 0.3) is 0 Å². The lowest BCUT2D eigenvalue weighted by Gasteiger charge is -2.13. The van der Waals surface area contributed by atoms with Crippen molar-refractivity contribution in [1.82, 2.24) is 9.55 Å². The van der Waals surface area contributed by atoms with Crippen molar-refractivity contribution >= 4 is 5.69 Å². The van der Waals surface area contributed by atoms with Gasteiger partial charge in [-0.05, 0) is 19.4 Å². The second kappa shape index (κ2) is 6.85. The average molecular weight is 291 g/mol. The molecule has 7 heteroatoms. The topological polar surface area (TPSA) is 90.4 Å². The Kier molecular flexibility index (Phi) is 4.89. The summed E-state index contributed by atoms with van der Waals surface area (Å²) >= 11 is 0. The fourth-order valence-corrected chi connectivity index (χ4v) is 1.96. The number of aryl methyl sites for hydroxylation is 1. The van der Waals surface area contributed by atoms with Crippen molar-refractivity contribution < 1.29 is 14.8 Å². The van der Waals surface area contributed by atoms with Crippen LogP contribution < -0.4 is 4.74 Å². The maximum Gasteiger partial charge on any atom is 0.270 e. The van der Waals surface area contributed by atoms with Gasteiger partial charge in [0.05, 0.1) is 24.0 Å².